The van der Waals surface area contributed by atoms with Crippen LogP contribution >= 0.6 is 0 Å². The highest BCUT2D eigenvalue weighted by Crippen LogP contribution is 2.03. The van der Waals surface area contributed by atoms with E-state index >= 15 is 0 Å². The van der Waals surface area contributed by atoms with Gasteiger partial charge in [0.2, 0.25) is 0 Å². The molecule has 0 radical (unpaired) electrons. The topological polar surface area (TPSA) is 15.3 Å². The highest BCUT2D eigenvalue weighted by molar-refractivity contribution is 4.87. The van der Waals surface area contributed by atoms with Gasteiger partial charge in [-0.3, -0.25) is 4.90 Å². The molecule has 1 aliphatic heterocycles. The van der Waals surface area contributed by atoms with Crippen LogP contribution in [-0.4, -0.2) is 36.6 Å². The molecule has 12 heavy (non-hydrogen) atoms. The van der Waals surface area contributed by atoms with E-state index in [-0.39, 0.29) is 0 Å². The average molecular weight is 168 g/mol. The molecule has 0 aromatic heterocycles. The average Bonchev–Trinajstić information content (AvgIpc) is 1.99. The zero-order valence-electron chi connectivity index (χ0n) is 8.38. The van der Waals surface area contributed by atoms with E-state index in [1.807, 2.05) is 0 Å². The van der Waals surface area contributed by atoms with E-state index in [0.717, 1.165) is 6.54 Å². The fraction of sp³-hybridized carbons (Fsp3) is 0.800. The second-order valence-corrected chi connectivity index (χ2v) is 3.76. The van der Waals surface area contributed by atoms with Crippen molar-refractivity contribution < 1.29 is 0 Å². The van der Waals surface area contributed by atoms with Gasteiger partial charge in [0.15, 0.2) is 0 Å². The van der Waals surface area contributed by atoms with Gasteiger partial charge in [0.05, 0.1) is 0 Å². The number of allylic oxidation sites excluding steroid dienone is 1. The summed E-state index contributed by atoms with van der Waals surface area (Å²) in [5, 5.41) is 3.52. The van der Waals surface area contributed by atoms with Crippen LogP contribution in [0.3, 0.4) is 0 Å². The summed E-state index contributed by atoms with van der Waals surface area (Å²) in [6.07, 6.45) is 4.35. The van der Waals surface area contributed by atoms with Gasteiger partial charge in [-0.25, -0.2) is 0 Å². The third kappa shape index (κ3) is 2.95. The van der Waals surface area contributed by atoms with E-state index in [0.29, 0.717) is 12.1 Å². The van der Waals surface area contributed by atoms with Crippen molar-refractivity contribution in [3.8, 4) is 0 Å². The van der Waals surface area contributed by atoms with Crippen LogP contribution < -0.4 is 5.32 Å². The highest BCUT2D eigenvalue weighted by Gasteiger charge is 2.19. The molecule has 2 unspecified atom stereocenters. The lowest BCUT2D eigenvalue weighted by atomic mass is 10.1. The zero-order valence-corrected chi connectivity index (χ0v) is 8.38. The Morgan fingerprint density at radius 3 is 2.42 bits per heavy atom. The molecule has 0 amide bonds. The summed E-state index contributed by atoms with van der Waals surface area (Å²) in [6, 6.07) is 1.28. The van der Waals surface area contributed by atoms with Crippen LogP contribution in [0.15, 0.2) is 12.2 Å². The first-order chi connectivity index (χ1) is 5.72. The van der Waals surface area contributed by atoms with Gasteiger partial charge in [-0.1, -0.05) is 12.2 Å². The molecule has 0 aromatic rings. The number of piperazine rings is 1. The molecule has 0 aliphatic carbocycles. The first kappa shape index (κ1) is 9.75. The van der Waals surface area contributed by atoms with Crippen LogP contribution in [0.5, 0.6) is 0 Å². The van der Waals surface area contributed by atoms with Gasteiger partial charge in [-0.15, -0.1) is 0 Å². The van der Waals surface area contributed by atoms with Gasteiger partial charge < -0.3 is 5.32 Å². The molecule has 0 saturated carbocycles. The third-order valence-corrected chi connectivity index (χ3v) is 2.23. The van der Waals surface area contributed by atoms with E-state index in [9.17, 15) is 0 Å². The lowest BCUT2D eigenvalue weighted by molar-refractivity contribution is 0.189. The Hall–Kier alpha value is -0.340. The van der Waals surface area contributed by atoms with E-state index < -0.39 is 0 Å². The van der Waals surface area contributed by atoms with Gasteiger partial charge in [0.25, 0.3) is 0 Å². The molecular weight excluding hydrogens is 148 g/mol. The van der Waals surface area contributed by atoms with Crippen molar-refractivity contribution in [3.05, 3.63) is 12.2 Å². The molecule has 70 valence electrons. The Morgan fingerprint density at radius 1 is 1.33 bits per heavy atom. The van der Waals surface area contributed by atoms with Crippen molar-refractivity contribution in [2.24, 2.45) is 0 Å². The normalized spacial score (nSPS) is 32.9. The van der Waals surface area contributed by atoms with Crippen LogP contribution in [0.2, 0.25) is 0 Å². The summed E-state index contributed by atoms with van der Waals surface area (Å²) in [7, 11) is 0. The number of hydrogen-bond donors (Lipinski definition) is 1. The number of rotatable bonds is 2. The van der Waals surface area contributed by atoms with Crippen LogP contribution in [0, 0.1) is 0 Å². The van der Waals surface area contributed by atoms with Crippen molar-refractivity contribution in [2.75, 3.05) is 19.6 Å². The lowest BCUT2D eigenvalue weighted by Crippen LogP contribution is -2.54. The van der Waals surface area contributed by atoms with Crippen LogP contribution in [-0.2, 0) is 0 Å². The van der Waals surface area contributed by atoms with Crippen LogP contribution in [0.4, 0.5) is 0 Å². The molecule has 0 spiro atoms. The molecule has 1 saturated heterocycles. The van der Waals surface area contributed by atoms with Crippen molar-refractivity contribution in [1.82, 2.24) is 10.2 Å². The molecule has 1 N–H and O–H groups in total. The largest absolute Gasteiger partial charge is 0.309 e. The van der Waals surface area contributed by atoms with Crippen LogP contribution in [0.1, 0.15) is 20.8 Å². The van der Waals surface area contributed by atoms with Crippen molar-refractivity contribution in [3.63, 3.8) is 0 Å². The van der Waals surface area contributed by atoms with E-state index in [1.165, 1.54) is 13.1 Å². The molecule has 1 fully saturated rings. The molecule has 1 rings (SSSR count). The Morgan fingerprint density at radius 2 is 1.92 bits per heavy atom. The molecule has 2 atom stereocenters. The second kappa shape index (κ2) is 4.63. The third-order valence-electron chi connectivity index (χ3n) is 2.23. The molecule has 2 nitrogen and oxygen atoms in total. The summed E-state index contributed by atoms with van der Waals surface area (Å²) in [4.78, 5) is 2.49. The van der Waals surface area contributed by atoms with E-state index in [2.05, 4.69) is 43.1 Å². The Labute approximate surface area is 75.6 Å². The Kier molecular flexibility index (Phi) is 3.76. The van der Waals surface area contributed by atoms with Crippen molar-refractivity contribution in [2.45, 2.75) is 32.9 Å². The quantitative estimate of drug-likeness (QED) is 0.624. The van der Waals surface area contributed by atoms with Gasteiger partial charge in [0.1, 0.15) is 0 Å². The molecule has 1 aliphatic rings. The minimum absolute atomic E-state index is 0.638. The lowest BCUT2D eigenvalue weighted by Gasteiger charge is -2.35. The van der Waals surface area contributed by atoms with E-state index in [4.69, 9.17) is 0 Å². The summed E-state index contributed by atoms with van der Waals surface area (Å²) < 4.78 is 0. The van der Waals surface area contributed by atoms with Gasteiger partial charge in [0, 0.05) is 31.7 Å². The first-order valence-electron chi connectivity index (χ1n) is 4.82. The van der Waals surface area contributed by atoms with Crippen molar-refractivity contribution in [1.29, 1.82) is 0 Å². The zero-order chi connectivity index (χ0) is 8.97. The summed E-state index contributed by atoms with van der Waals surface area (Å²) in [6.45, 7) is 10.0. The monoisotopic (exact) mass is 168 g/mol. The second-order valence-electron chi connectivity index (χ2n) is 3.76. The predicted molar refractivity (Wildman–Crippen MR) is 53.3 cm³/mol. The SMILES string of the molecule is C/C=C/CN1CC(C)NC(C)C1. The maximum Gasteiger partial charge on any atom is 0.0169 e. The number of hydrogen-bond acceptors (Lipinski definition) is 2. The maximum absolute atomic E-state index is 3.52. The van der Waals surface area contributed by atoms with E-state index in [1.54, 1.807) is 0 Å². The standard InChI is InChI=1S/C10H20N2/c1-4-5-6-12-7-9(2)11-10(3)8-12/h4-5,9-11H,6-8H2,1-3H3/b5-4+. The molecule has 2 heteroatoms. The van der Waals surface area contributed by atoms with Crippen LogP contribution in [0.25, 0.3) is 0 Å². The minimum atomic E-state index is 0.638. The van der Waals surface area contributed by atoms with Gasteiger partial charge in [-0.05, 0) is 20.8 Å². The molecular formula is C10H20N2. The molecule has 0 aromatic carbocycles. The fourth-order valence-corrected chi connectivity index (χ4v) is 1.84. The Bertz CT molecular complexity index is 144. The van der Waals surface area contributed by atoms with Gasteiger partial charge in [-0.2, -0.15) is 0 Å². The Balaban J connectivity index is 2.33. The minimum Gasteiger partial charge on any atom is -0.309 e. The smallest absolute Gasteiger partial charge is 0.0169 e. The molecule has 0 bridgehead atoms. The highest BCUT2D eigenvalue weighted by atomic mass is 15.2. The summed E-state index contributed by atoms with van der Waals surface area (Å²) in [5.41, 5.74) is 0. The van der Waals surface area contributed by atoms with Crippen molar-refractivity contribution >= 4 is 0 Å². The summed E-state index contributed by atoms with van der Waals surface area (Å²) in [5.74, 6) is 0. The fourth-order valence-electron chi connectivity index (χ4n) is 1.84. The predicted octanol–water partition coefficient (Wildman–Crippen LogP) is 1.24. The first-order valence-corrected chi connectivity index (χ1v) is 4.82. The van der Waals surface area contributed by atoms with Gasteiger partial charge >= 0.3 is 0 Å². The maximum atomic E-state index is 3.52. The number of nitrogens with one attached hydrogen (secondary N) is 1. The molecule has 1 heterocycles. The number of nitrogens with zero attached hydrogens (tertiary/aromatic N) is 1. The summed E-state index contributed by atoms with van der Waals surface area (Å²) >= 11 is 0.